The topological polar surface area (TPSA) is 138 Å². The predicted octanol–water partition coefficient (Wildman–Crippen LogP) is 2.26. The quantitative estimate of drug-likeness (QED) is 0.531. The van der Waals surface area contributed by atoms with E-state index in [1.54, 1.807) is 6.07 Å². The molecule has 2 aromatic rings. The molecule has 1 amide bonds. The minimum Gasteiger partial charge on any atom is -0.490 e. The molecule has 0 unspecified atom stereocenters. The number of aromatic nitrogens is 1. The summed E-state index contributed by atoms with van der Waals surface area (Å²) in [5.74, 6) is -0.566. The van der Waals surface area contributed by atoms with Gasteiger partial charge in [-0.15, -0.1) is 0 Å². The summed E-state index contributed by atoms with van der Waals surface area (Å²) in [5.41, 5.74) is -0.0225. The van der Waals surface area contributed by atoms with E-state index in [-0.39, 0.29) is 28.3 Å². The van der Waals surface area contributed by atoms with Crippen molar-refractivity contribution in [2.45, 2.75) is 23.8 Å². The number of hydrogen-bond acceptors (Lipinski definition) is 8. The van der Waals surface area contributed by atoms with E-state index in [0.717, 1.165) is 6.07 Å². The van der Waals surface area contributed by atoms with Crippen molar-refractivity contribution in [1.82, 2.24) is 9.88 Å². The van der Waals surface area contributed by atoms with Gasteiger partial charge in [-0.1, -0.05) is 0 Å². The Morgan fingerprint density at radius 2 is 2.03 bits per heavy atom. The highest BCUT2D eigenvalue weighted by molar-refractivity contribution is 7.91. The number of amides is 1. The number of piperidine rings is 1. The van der Waals surface area contributed by atoms with E-state index in [4.69, 9.17) is 19.7 Å². The second kappa shape index (κ2) is 10.0. The zero-order chi connectivity index (χ0) is 23.3. The van der Waals surface area contributed by atoms with E-state index in [9.17, 15) is 17.6 Å². The van der Waals surface area contributed by atoms with Crippen molar-refractivity contribution in [2.75, 3.05) is 37.9 Å². The number of pyridine rings is 1. The highest BCUT2D eigenvalue weighted by Crippen LogP contribution is 2.37. The maximum absolute atomic E-state index is 14.6. The van der Waals surface area contributed by atoms with Gasteiger partial charge in [-0.2, -0.15) is 0 Å². The highest BCUT2D eigenvalue weighted by atomic mass is 32.2. The lowest BCUT2D eigenvalue weighted by atomic mass is 10.1. The number of carboxylic acid groups (broad SMARTS) is 1. The Morgan fingerprint density at radius 3 is 2.62 bits per heavy atom. The number of nitrogens with zero attached hydrogens (tertiary/aromatic N) is 2. The Kier molecular flexibility index (Phi) is 7.36. The number of nitrogens with one attached hydrogen (secondary N) is 1. The Hall–Kier alpha value is -3.12. The number of halogens is 1. The van der Waals surface area contributed by atoms with Crippen LogP contribution >= 0.6 is 0 Å². The molecule has 1 fully saturated rings. The maximum Gasteiger partial charge on any atom is 0.407 e. The molecule has 1 saturated heterocycles. The van der Waals surface area contributed by atoms with Crippen molar-refractivity contribution in [3.05, 3.63) is 36.3 Å². The van der Waals surface area contributed by atoms with Gasteiger partial charge in [0.25, 0.3) is 0 Å². The number of sulfone groups is 1. The third-order valence-electron chi connectivity index (χ3n) is 4.99. The average Bonchev–Trinajstić information content (AvgIpc) is 2.75. The predicted molar refractivity (Wildman–Crippen MR) is 113 cm³/mol. The fraction of sp³-hybridized carbons (Fsp3) is 0.400. The second-order valence-corrected chi connectivity index (χ2v) is 9.20. The number of benzene rings is 1. The third kappa shape index (κ3) is 5.37. The molecule has 12 heteroatoms. The summed E-state index contributed by atoms with van der Waals surface area (Å²) in [6.45, 7) is 0.151. The number of likely N-dealkylation sites (tertiary alicyclic amines) is 1. The number of aliphatic hydroxyl groups excluding tert-OH is 1. The van der Waals surface area contributed by atoms with Crippen molar-refractivity contribution in [1.29, 1.82) is 0 Å². The lowest BCUT2D eigenvalue weighted by Crippen LogP contribution is -2.41. The number of rotatable bonds is 8. The Balaban J connectivity index is 1.77. The van der Waals surface area contributed by atoms with E-state index in [0.29, 0.717) is 31.7 Å². The van der Waals surface area contributed by atoms with Crippen molar-refractivity contribution >= 4 is 27.4 Å². The summed E-state index contributed by atoms with van der Waals surface area (Å²) in [7, 11) is -2.38. The second-order valence-electron chi connectivity index (χ2n) is 7.09. The van der Waals surface area contributed by atoms with Crippen LogP contribution < -0.4 is 14.8 Å². The van der Waals surface area contributed by atoms with Gasteiger partial charge in [-0.05, 0) is 18.2 Å². The number of hydrogen-bond donors (Lipinski definition) is 3. The first-order chi connectivity index (χ1) is 15.2. The van der Waals surface area contributed by atoms with Crippen LogP contribution in [-0.4, -0.2) is 73.3 Å². The molecule has 0 atom stereocenters. The van der Waals surface area contributed by atoms with Crippen LogP contribution in [0.5, 0.6) is 11.5 Å². The molecular weight excluding hydrogens is 445 g/mol. The summed E-state index contributed by atoms with van der Waals surface area (Å²) in [6.07, 6.45) is 1.29. The molecule has 1 aromatic carbocycles. The van der Waals surface area contributed by atoms with Gasteiger partial charge < -0.3 is 29.9 Å². The number of ether oxygens (including phenoxy) is 2. The minimum absolute atomic E-state index is 0.0225. The van der Waals surface area contributed by atoms with E-state index in [1.165, 1.54) is 30.3 Å². The first kappa shape index (κ1) is 23.5. The highest BCUT2D eigenvalue weighted by Gasteiger charge is 2.25. The zero-order valence-corrected chi connectivity index (χ0v) is 18.1. The van der Waals surface area contributed by atoms with Gasteiger partial charge in [0.2, 0.25) is 5.75 Å². The molecule has 2 heterocycles. The van der Waals surface area contributed by atoms with Gasteiger partial charge in [0.15, 0.2) is 21.4 Å². The number of carbonyl (C=O) groups is 1. The zero-order valence-electron chi connectivity index (χ0n) is 17.3. The monoisotopic (exact) mass is 469 g/mol. The molecule has 1 aromatic heterocycles. The largest absolute Gasteiger partial charge is 0.490 e. The van der Waals surface area contributed by atoms with Crippen LogP contribution in [0.2, 0.25) is 0 Å². The molecule has 3 rings (SSSR count). The van der Waals surface area contributed by atoms with Crippen LogP contribution in [0.25, 0.3) is 0 Å². The fourth-order valence-electron chi connectivity index (χ4n) is 3.31. The smallest absolute Gasteiger partial charge is 0.407 e. The molecule has 0 saturated carbocycles. The van der Waals surface area contributed by atoms with Crippen LogP contribution in [0.3, 0.4) is 0 Å². The summed E-state index contributed by atoms with van der Waals surface area (Å²) in [5, 5.41) is 20.7. The van der Waals surface area contributed by atoms with Crippen molar-refractivity contribution in [3.63, 3.8) is 0 Å². The average molecular weight is 469 g/mol. The van der Waals surface area contributed by atoms with Crippen molar-refractivity contribution in [3.8, 4) is 11.5 Å². The third-order valence-corrected chi connectivity index (χ3v) is 6.68. The standard InChI is InChI=1S/C20H24FN3O7S/c1-30-18-17(31-13-5-8-24(9-6-13)20(26)27)4-7-22-19(18)23-16-3-2-14(12-15(16)21)32(28,29)11-10-25/h2-4,7,12-13,25H,5-6,8-11H2,1H3,(H,22,23)(H,26,27). The first-order valence-electron chi connectivity index (χ1n) is 9.83. The number of anilines is 2. The van der Waals surface area contributed by atoms with Gasteiger partial charge in [-0.25, -0.2) is 22.6 Å². The van der Waals surface area contributed by atoms with Crippen LogP contribution in [-0.2, 0) is 9.84 Å². The SMILES string of the molecule is COc1c(OC2CCN(C(=O)O)CC2)ccnc1Nc1ccc(S(=O)(=O)CCO)cc1F. The summed E-state index contributed by atoms with van der Waals surface area (Å²) >= 11 is 0. The lowest BCUT2D eigenvalue weighted by molar-refractivity contribution is 0.0878. The molecule has 3 N–H and O–H groups in total. The summed E-state index contributed by atoms with van der Waals surface area (Å²) in [6, 6.07) is 4.96. The van der Waals surface area contributed by atoms with E-state index in [2.05, 4.69) is 10.3 Å². The fourth-order valence-corrected chi connectivity index (χ4v) is 4.34. The van der Waals surface area contributed by atoms with Crippen molar-refractivity contribution < 1.29 is 37.3 Å². The molecule has 0 spiro atoms. The molecule has 0 radical (unpaired) electrons. The normalized spacial score (nSPS) is 14.8. The van der Waals surface area contributed by atoms with Gasteiger partial charge in [0.1, 0.15) is 11.9 Å². The van der Waals surface area contributed by atoms with Gasteiger partial charge in [0, 0.05) is 38.2 Å². The summed E-state index contributed by atoms with van der Waals surface area (Å²) in [4.78, 5) is 16.3. The van der Waals surface area contributed by atoms with Crippen LogP contribution in [0, 0.1) is 5.82 Å². The van der Waals surface area contributed by atoms with Crippen LogP contribution in [0.1, 0.15) is 12.8 Å². The molecule has 1 aliphatic rings. The van der Waals surface area contributed by atoms with Gasteiger partial charge in [0.05, 0.1) is 30.1 Å². The molecule has 32 heavy (non-hydrogen) atoms. The van der Waals surface area contributed by atoms with Crippen molar-refractivity contribution in [2.24, 2.45) is 0 Å². The molecule has 0 aliphatic carbocycles. The molecular formula is C20H24FN3O7S. The lowest BCUT2D eigenvalue weighted by Gasteiger charge is -2.30. The Bertz CT molecular complexity index is 1070. The molecule has 10 nitrogen and oxygen atoms in total. The van der Waals surface area contributed by atoms with Gasteiger partial charge >= 0.3 is 6.09 Å². The number of methoxy groups -OCH3 is 1. The maximum atomic E-state index is 14.6. The Morgan fingerprint density at radius 1 is 1.31 bits per heavy atom. The summed E-state index contributed by atoms with van der Waals surface area (Å²) < 4.78 is 50.0. The van der Waals surface area contributed by atoms with Gasteiger partial charge in [-0.3, -0.25) is 0 Å². The first-order valence-corrected chi connectivity index (χ1v) is 11.5. The van der Waals surface area contributed by atoms with E-state index >= 15 is 0 Å². The number of aliphatic hydroxyl groups is 1. The van der Waals surface area contributed by atoms with Crippen LogP contribution in [0.15, 0.2) is 35.4 Å². The molecule has 1 aliphatic heterocycles. The minimum atomic E-state index is -3.79. The van der Waals surface area contributed by atoms with E-state index in [1.807, 2.05) is 0 Å². The molecule has 0 bridgehead atoms. The van der Waals surface area contributed by atoms with E-state index < -0.39 is 34.1 Å². The van der Waals surface area contributed by atoms with Crippen LogP contribution in [0.4, 0.5) is 20.7 Å². The molecule has 174 valence electrons. The Labute approximate surface area is 184 Å².